The smallest absolute Gasteiger partial charge is 0.222 e. The number of ether oxygens (including phenoxy) is 1. The molecule has 2 fully saturated rings. The summed E-state index contributed by atoms with van der Waals surface area (Å²) in [5.41, 5.74) is 0.789. The number of amides is 1. The minimum absolute atomic E-state index is 0.102. The van der Waals surface area contributed by atoms with Crippen LogP contribution in [0.3, 0.4) is 0 Å². The van der Waals surface area contributed by atoms with Gasteiger partial charge in [0.15, 0.2) is 0 Å². The quantitative estimate of drug-likeness (QED) is 0.842. The number of rotatable bonds is 6. The first-order valence-electron chi connectivity index (χ1n) is 9.49. The van der Waals surface area contributed by atoms with Crippen molar-refractivity contribution in [1.29, 1.82) is 0 Å². The van der Waals surface area contributed by atoms with Crippen LogP contribution in [0.5, 0.6) is 5.75 Å². The van der Waals surface area contributed by atoms with Crippen LogP contribution in [0, 0.1) is 11.2 Å². The maximum absolute atomic E-state index is 14.3. The van der Waals surface area contributed by atoms with Crippen molar-refractivity contribution in [2.75, 3.05) is 39.9 Å². The molecule has 1 N–H and O–H groups in total. The molecule has 2 aliphatic rings. The second-order valence-electron chi connectivity index (χ2n) is 7.66. The molecule has 5 nitrogen and oxygen atoms in total. The third kappa shape index (κ3) is 4.35. The summed E-state index contributed by atoms with van der Waals surface area (Å²) in [6.07, 6.45) is 4.29. The first kappa shape index (κ1) is 19.1. The van der Waals surface area contributed by atoms with Gasteiger partial charge in [0, 0.05) is 56.3 Å². The Hall–Kier alpha value is -1.66. The molecular formula is C20H29FN2O3. The number of carbonyl (C=O) groups excluding carboxylic acids is 1. The Kier molecular flexibility index (Phi) is 6.14. The largest absolute Gasteiger partial charge is 0.497 e. The predicted molar refractivity (Wildman–Crippen MR) is 97.4 cm³/mol. The van der Waals surface area contributed by atoms with Crippen LogP contribution in [0.25, 0.3) is 0 Å². The van der Waals surface area contributed by atoms with Crippen LogP contribution in [0.15, 0.2) is 18.2 Å². The van der Waals surface area contributed by atoms with Crippen LogP contribution in [-0.2, 0) is 11.3 Å². The van der Waals surface area contributed by atoms with Gasteiger partial charge in [-0.3, -0.25) is 9.69 Å². The third-order valence-corrected chi connectivity index (χ3v) is 5.73. The monoisotopic (exact) mass is 364 g/mol. The first-order valence-corrected chi connectivity index (χ1v) is 9.49. The summed E-state index contributed by atoms with van der Waals surface area (Å²) in [6, 6.07) is 5.03. The molecule has 0 saturated carbocycles. The molecule has 2 saturated heterocycles. The third-order valence-electron chi connectivity index (χ3n) is 5.73. The Labute approximate surface area is 154 Å². The fourth-order valence-corrected chi connectivity index (χ4v) is 4.37. The van der Waals surface area contributed by atoms with Crippen LogP contribution in [0.1, 0.15) is 37.7 Å². The van der Waals surface area contributed by atoms with Crippen molar-refractivity contribution >= 4 is 5.91 Å². The lowest BCUT2D eigenvalue weighted by molar-refractivity contribution is -0.139. The number of carbonyl (C=O) groups is 1. The normalized spacial score (nSPS) is 24.3. The second kappa shape index (κ2) is 8.35. The highest BCUT2D eigenvalue weighted by Gasteiger charge is 2.41. The van der Waals surface area contributed by atoms with Gasteiger partial charge in [-0.05, 0) is 38.3 Å². The van der Waals surface area contributed by atoms with Gasteiger partial charge in [-0.25, -0.2) is 4.39 Å². The van der Waals surface area contributed by atoms with E-state index in [1.54, 1.807) is 12.1 Å². The molecule has 0 radical (unpaired) electrons. The van der Waals surface area contributed by atoms with Gasteiger partial charge in [-0.15, -0.1) is 0 Å². The van der Waals surface area contributed by atoms with E-state index in [0.717, 1.165) is 38.9 Å². The average Bonchev–Trinajstić information content (AvgIpc) is 2.64. The fraction of sp³-hybridized carbons (Fsp3) is 0.650. The number of halogens is 1. The van der Waals surface area contributed by atoms with Crippen molar-refractivity contribution in [1.82, 2.24) is 9.80 Å². The first-order chi connectivity index (χ1) is 12.5. The Morgan fingerprint density at radius 2 is 2.15 bits per heavy atom. The van der Waals surface area contributed by atoms with Crippen molar-refractivity contribution in [3.8, 4) is 5.75 Å². The summed E-state index contributed by atoms with van der Waals surface area (Å²) >= 11 is 0. The van der Waals surface area contributed by atoms with Crippen LogP contribution >= 0.6 is 0 Å². The number of aliphatic hydroxyl groups excluding tert-OH is 1. The van der Waals surface area contributed by atoms with Crippen LogP contribution in [0.2, 0.25) is 0 Å². The number of nitrogens with zero attached hydrogens (tertiary/aromatic N) is 2. The van der Waals surface area contributed by atoms with E-state index >= 15 is 0 Å². The van der Waals surface area contributed by atoms with Crippen molar-refractivity contribution in [3.05, 3.63) is 29.6 Å². The van der Waals surface area contributed by atoms with Gasteiger partial charge in [0.1, 0.15) is 11.6 Å². The maximum atomic E-state index is 14.3. The minimum Gasteiger partial charge on any atom is -0.497 e. The van der Waals surface area contributed by atoms with Crippen LogP contribution in [0.4, 0.5) is 4.39 Å². The van der Waals surface area contributed by atoms with Crippen molar-refractivity contribution in [2.24, 2.45) is 5.41 Å². The molecule has 0 unspecified atom stereocenters. The average molecular weight is 364 g/mol. The number of hydrogen-bond acceptors (Lipinski definition) is 4. The molecule has 3 rings (SSSR count). The number of likely N-dealkylation sites (tertiary alicyclic amines) is 2. The second-order valence-corrected chi connectivity index (χ2v) is 7.66. The predicted octanol–water partition coefficient (Wildman–Crippen LogP) is 2.42. The number of piperidine rings is 2. The molecule has 1 atom stereocenters. The molecule has 0 aromatic heterocycles. The highest BCUT2D eigenvalue weighted by Crippen LogP contribution is 2.39. The van der Waals surface area contributed by atoms with E-state index in [-0.39, 0.29) is 23.7 Å². The van der Waals surface area contributed by atoms with E-state index < -0.39 is 0 Å². The molecule has 0 bridgehead atoms. The van der Waals surface area contributed by atoms with Gasteiger partial charge in [0.2, 0.25) is 5.91 Å². The lowest BCUT2D eigenvalue weighted by atomic mass is 9.73. The molecule has 144 valence electrons. The zero-order valence-electron chi connectivity index (χ0n) is 15.5. The van der Waals surface area contributed by atoms with Gasteiger partial charge in [0.25, 0.3) is 0 Å². The minimum atomic E-state index is -0.229. The van der Waals surface area contributed by atoms with Crippen molar-refractivity contribution in [3.63, 3.8) is 0 Å². The van der Waals surface area contributed by atoms with Crippen molar-refractivity contribution < 1.29 is 19.0 Å². The summed E-state index contributed by atoms with van der Waals surface area (Å²) < 4.78 is 19.4. The molecule has 6 heteroatoms. The van der Waals surface area contributed by atoms with Gasteiger partial charge in [0.05, 0.1) is 7.11 Å². The molecule has 1 amide bonds. The zero-order chi connectivity index (χ0) is 18.6. The van der Waals surface area contributed by atoms with E-state index in [0.29, 0.717) is 37.2 Å². The van der Waals surface area contributed by atoms with Gasteiger partial charge in [-0.1, -0.05) is 6.07 Å². The zero-order valence-corrected chi connectivity index (χ0v) is 15.5. The molecule has 1 aromatic rings. The van der Waals surface area contributed by atoms with E-state index in [9.17, 15) is 9.18 Å². The standard InChI is InChI=1S/C20H29FN2O3/c1-26-17-5-4-16(18(21)12-17)13-22-9-2-7-20(14-22)8-6-19(25)23(15-20)10-3-11-24/h4-5,12,24H,2-3,6-11,13-15H2,1H3/t20-/m1/s1. The van der Waals surface area contributed by atoms with Crippen LogP contribution in [-0.4, -0.2) is 60.7 Å². The van der Waals surface area contributed by atoms with E-state index in [2.05, 4.69) is 4.90 Å². The number of methoxy groups -OCH3 is 1. The molecule has 2 aliphatic heterocycles. The highest BCUT2D eigenvalue weighted by molar-refractivity contribution is 5.77. The molecular weight excluding hydrogens is 335 g/mol. The summed E-state index contributed by atoms with van der Waals surface area (Å²) in [4.78, 5) is 16.4. The van der Waals surface area contributed by atoms with Crippen LogP contribution < -0.4 is 4.74 Å². The lowest BCUT2D eigenvalue weighted by Crippen LogP contribution is -2.54. The topological polar surface area (TPSA) is 53.0 Å². The molecule has 1 spiro atoms. The SMILES string of the molecule is COc1ccc(CN2CCC[C@@]3(CCC(=O)N(CCCO)C3)C2)c(F)c1. The molecule has 0 aliphatic carbocycles. The molecule has 26 heavy (non-hydrogen) atoms. The number of aliphatic hydroxyl groups is 1. The Morgan fingerprint density at radius 1 is 1.31 bits per heavy atom. The highest BCUT2D eigenvalue weighted by atomic mass is 19.1. The molecule has 1 aromatic carbocycles. The fourth-order valence-electron chi connectivity index (χ4n) is 4.37. The Morgan fingerprint density at radius 3 is 2.88 bits per heavy atom. The summed E-state index contributed by atoms with van der Waals surface area (Å²) in [5.74, 6) is 0.501. The summed E-state index contributed by atoms with van der Waals surface area (Å²) in [7, 11) is 1.54. The van der Waals surface area contributed by atoms with E-state index in [4.69, 9.17) is 9.84 Å². The van der Waals surface area contributed by atoms with Crippen molar-refractivity contribution in [2.45, 2.75) is 38.6 Å². The Bertz CT molecular complexity index is 639. The maximum Gasteiger partial charge on any atom is 0.222 e. The van der Waals surface area contributed by atoms with Gasteiger partial charge in [-0.2, -0.15) is 0 Å². The van der Waals surface area contributed by atoms with E-state index in [1.165, 1.54) is 13.2 Å². The van der Waals surface area contributed by atoms with Gasteiger partial charge >= 0.3 is 0 Å². The number of hydrogen-bond donors (Lipinski definition) is 1. The van der Waals surface area contributed by atoms with E-state index in [1.807, 2.05) is 4.90 Å². The number of benzene rings is 1. The lowest BCUT2D eigenvalue weighted by Gasteiger charge is -2.48. The summed E-state index contributed by atoms with van der Waals surface area (Å²) in [5, 5.41) is 9.06. The molecule has 2 heterocycles. The van der Waals surface area contributed by atoms with Gasteiger partial charge < -0.3 is 14.7 Å². The summed E-state index contributed by atoms with van der Waals surface area (Å²) in [6.45, 7) is 3.93. The Balaban J connectivity index is 1.66.